The number of esters is 1. The maximum absolute atomic E-state index is 12.2. The van der Waals surface area contributed by atoms with Gasteiger partial charge >= 0.3 is 5.97 Å². The molecule has 0 aromatic heterocycles. The predicted molar refractivity (Wildman–Crippen MR) is 85.2 cm³/mol. The Kier molecular flexibility index (Phi) is 7.29. The van der Waals surface area contributed by atoms with E-state index in [1.165, 1.54) is 19.1 Å². The Labute approximate surface area is 138 Å². The van der Waals surface area contributed by atoms with Gasteiger partial charge in [0.15, 0.2) is 6.10 Å². The van der Waals surface area contributed by atoms with Crippen LogP contribution in [0.5, 0.6) is 0 Å². The van der Waals surface area contributed by atoms with Crippen LogP contribution in [0.1, 0.15) is 33.1 Å². The first-order valence-corrected chi connectivity index (χ1v) is 7.61. The Hall–Kier alpha value is -0.970. The summed E-state index contributed by atoms with van der Waals surface area (Å²) in [6.45, 7) is 3.25. The van der Waals surface area contributed by atoms with Crippen LogP contribution in [0.2, 0.25) is 15.1 Å². The van der Waals surface area contributed by atoms with Crippen molar-refractivity contribution in [2.24, 2.45) is 0 Å². The van der Waals surface area contributed by atoms with E-state index in [4.69, 9.17) is 39.5 Å². The standard InChI is InChI=1S/C14H16Cl3NO3/c1-3-4-5-12(21-8(2)19)14(20)18-9-6-10(15)13(17)11(16)7-9/h6-7,12H,3-5H2,1-2H3,(H,18,20). The fraction of sp³-hybridized carbons (Fsp3) is 0.429. The molecule has 0 heterocycles. The summed E-state index contributed by atoms with van der Waals surface area (Å²) in [7, 11) is 0. The van der Waals surface area contributed by atoms with Crippen molar-refractivity contribution in [3.05, 3.63) is 27.2 Å². The molecular formula is C14H16Cl3NO3. The van der Waals surface area contributed by atoms with Crippen molar-refractivity contribution >= 4 is 52.4 Å². The minimum atomic E-state index is -0.837. The topological polar surface area (TPSA) is 55.4 Å². The summed E-state index contributed by atoms with van der Waals surface area (Å²) in [5.41, 5.74) is 0.396. The molecule has 4 nitrogen and oxygen atoms in total. The van der Waals surface area contributed by atoms with E-state index in [0.29, 0.717) is 12.1 Å². The SMILES string of the molecule is CCCCC(OC(C)=O)C(=O)Nc1cc(Cl)c(Cl)c(Cl)c1. The summed E-state index contributed by atoms with van der Waals surface area (Å²) in [4.78, 5) is 23.2. The molecule has 21 heavy (non-hydrogen) atoms. The second-order valence-electron chi connectivity index (χ2n) is 4.48. The maximum atomic E-state index is 12.2. The van der Waals surface area contributed by atoms with E-state index in [-0.39, 0.29) is 15.1 Å². The average Bonchev–Trinajstić information content (AvgIpc) is 2.40. The van der Waals surface area contributed by atoms with Gasteiger partial charge in [-0.15, -0.1) is 0 Å². The number of amides is 1. The Bertz CT molecular complexity index is 511. The molecule has 0 aliphatic carbocycles. The summed E-state index contributed by atoms with van der Waals surface area (Å²) < 4.78 is 5.03. The first-order valence-electron chi connectivity index (χ1n) is 6.47. The molecule has 1 unspecified atom stereocenters. The highest BCUT2D eigenvalue weighted by atomic mass is 35.5. The monoisotopic (exact) mass is 351 g/mol. The van der Waals surface area contributed by atoms with Crippen LogP contribution in [0.15, 0.2) is 12.1 Å². The molecule has 0 spiro atoms. The van der Waals surface area contributed by atoms with Crippen LogP contribution in [0, 0.1) is 0 Å². The van der Waals surface area contributed by atoms with Crippen LogP contribution >= 0.6 is 34.8 Å². The van der Waals surface area contributed by atoms with Crippen LogP contribution in [0.3, 0.4) is 0 Å². The second kappa shape index (κ2) is 8.47. The van der Waals surface area contributed by atoms with Crippen LogP contribution in [-0.4, -0.2) is 18.0 Å². The number of hydrogen-bond donors (Lipinski definition) is 1. The molecule has 1 amide bonds. The minimum absolute atomic E-state index is 0.221. The van der Waals surface area contributed by atoms with E-state index in [9.17, 15) is 9.59 Å². The highest BCUT2D eigenvalue weighted by Crippen LogP contribution is 2.33. The summed E-state index contributed by atoms with van der Waals surface area (Å²) in [5, 5.41) is 3.31. The molecule has 0 fully saturated rings. The minimum Gasteiger partial charge on any atom is -0.452 e. The Morgan fingerprint density at radius 3 is 2.29 bits per heavy atom. The number of unbranched alkanes of at least 4 members (excludes halogenated alkanes) is 1. The molecule has 0 bridgehead atoms. The molecule has 1 N–H and O–H groups in total. The van der Waals surface area contributed by atoms with Gasteiger partial charge < -0.3 is 10.1 Å². The Morgan fingerprint density at radius 2 is 1.81 bits per heavy atom. The molecule has 0 saturated carbocycles. The van der Waals surface area contributed by atoms with E-state index in [2.05, 4.69) is 5.32 Å². The van der Waals surface area contributed by atoms with Crippen LogP contribution in [0.25, 0.3) is 0 Å². The lowest BCUT2D eigenvalue weighted by molar-refractivity contribution is -0.152. The fourth-order valence-electron chi connectivity index (χ4n) is 1.68. The number of ether oxygens (including phenoxy) is 1. The van der Waals surface area contributed by atoms with Crippen LogP contribution in [0.4, 0.5) is 5.69 Å². The number of carbonyl (C=O) groups excluding carboxylic acids is 2. The molecule has 0 radical (unpaired) electrons. The van der Waals surface area contributed by atoms with Crippen molar-refractivity contribution < 1.29 is 14.3 Å². The van der Waals surface area contributed by atoms with E-state index in [0.717, 1.165) is 12.8 Å². The van der Waals surface area contributed by atoms with E-state index in [1.54, 1.807) is 0 Å². The normalized spacial score (nSPS) is 11.9. The number of hydrogen-bond acceptors (Lipinski definition) is 3. The Balaban J connectivity index is 2.82. The number of rotatable bonds is 6. The summed E-state index contributed by atoms with van der Waals surface area (Å²) in [6, 6.07) is 2.97. The van der Waals surface area contributed by atoms with Gasteiger partial charge in [-0.2, -0.15) is 0 Å². The lowest BCUT2D eigenvalue weighted by atomic mass is 10.1. The molecule has 1 atom stereocenters. The quantitative estimate of drug-likeness (QED) is 0.596. The van der Waals surface area contributed by atoms with Gasteiger partial charge in [-0.25, -0.2) is 0 Å². The number of anilines is 1. The number of nitrogens with one attached hydrogen (secondary N) is 1. The average molecular weight is 353 g/mol. The highest BCUT2D eigenvalue weighted by molar-refractivity contribution is 6.48. The molecule has 0 aliphatic heterocycles. The molecule has 0 aliphatic rings. The van der Waals surface area contributed by atoms with Crippen molar-refractivity contribution in [3.8, 4) is 0 Å². The van der Waals surface area contributed by atoms with Crippen molar-refractivity contribution in [1.29, 1.82) is 0 Å². The van der Waals surface area contributed by atoms with E-state index < -0.39 is 18.0 Å². The highest BCUT2D eigenvalue weighted by Gasteiger charge is 2.21. The molecule has 1 aromatic rings. The summed E-state index contributed by atoms with van der Waals surface area (Å²) in [5.74, 6) is -0.925. The van der Waals surface area contributed by atoms with Gasteiger partial charge in [0.05, 0.1) is 15.1 Å². The lowest BCUT2D eigenvalue weighted by Crippen LogP contribution is -2.32. The van der Waals surface area contributed by atoms with Gasteiger partial charge in [0, 0.05) is 12.6 Å². The maximum Gasteiger partial charge on any atom is 0.303 e. The largest absolute Gasteiger partial charge is 0.452 e. The zero-order valence-electron chi connectivity index (χ0n) is 11.7. The first kappa shape index (κ1) is 18.1. The van der Waals surface area contributed by atoms with Crippen molar-refractivity contribution in [3.63, 3.8) is 0 Å². The third-order valence-corrected chi connectivity index (χ3v) is 3.87. The first-order chi connectivity index (χ1) is 9.85. The molecular weight excluding hydrogens is 337 g/mol. The van der Waals surface area contributed by atoms with Gasteiger partial charge in [0.25, 0.3) is 5.91 Å². The van der Waals surface area contributed by atoms with Crippen molar-refractivity contribution in [1.82, 2.24) is 0 Å². The molecule has 7 heteroatoms. The Morgan fingerprint density at radius 1 is 1.24 bits per heavy atom. The fourth-order valence-corrected chi connectivity index (χ4v) is 2.28. The smallest absolute Gasteiger partial charge is 0.303 e. The third kappa shape index (κ3) is 5.73. The van der Waals surface area contributed by atoms with Crippen molar-refractivity contribution in [2.45, 2.75) is 39.2 Å². The van der Waals surface area contributed by atoms with Gasteiger partial charge in [-0.05, 0) is 25.0 Å². The molecule has 116 valence electrons. The van der Waals surface area contributed by atoms with Crippen LogP contribution in [-0.2, 0) is 14.3 Å². The molecule has 0 saturated heterocycles. The number of halogens is 3. The predicted octanol–water partition coefficient (Wildman–Crippen LogP) is 4.71. The third-order valence-electron chi connectivity index (χ3n) is 2.67. The van der Waals surface area contributed by atoms with E-state index >= 15 is 0 Å². The van der Waals surface area contributed by atoms with Crippen LogP contribution < -0.4 is 5.32 Å². The van der Waals surface area contributed by atoms with Gasteiger partial charge in [0.1, 0.15) is 0 Å². The molecule has 1 rings (SSSR count). The summed E-state index contributed by atoms with van der Waals surface area (Å²) in [6.07, 6.45) is 1.28. The van der Waals surface area contributed by atoms with Gasteiger partial charge in [0.2, 0.25) is 0 Å². The number of benzene rings is 1. The lowest BCUT2D eigenvalue weighted by Gasteiger charge is -2.17. The zero-order valence-corrected chi connectivity index (χ0v) is 14.0. The molecule has 1 aromatic carbocycles. The number of carbonyl (C=O) groups is 2. The summed E-state index contributed by atoms with van der Waals surface area (Å²) >= 11 is 17.6. The van der Waals surface area contributed by atoms with Gasteiger partial charge in [-0.1, -0.05) is 48.1 Å². The zero-order chi connectivity index (χ0) is 16.0. The van der Waals surface area contributed by atoms with Gasteiger partial charge in [-0.3, -0.25) is 9.59 Å². The second-order valence-corrected chi connectivity index (χ2v) is 5.68. The van der Waals surface area contributed by atoms with Crippen molar-refractivity contribution in [2.75, 3.05) is 5.32 Å². The van der Waals surface area contributed by atoms with E-state index in [1.807, 2.05) is 6.92 Å².